The second-order valence-electron chi connectivity index (χ2n) is 7.06. The molecule has 4 rings (SSSR count). The molecular formula is C21H23N5O2. The number of aryl methyl sites for hydroxylation is 1. The van der Waals surface area contributed by atoms with Crippen molar-refractivity contribution >= 4 is 11.7 Å². The lowest BCUT2D eigenvalue weighted by atomic mass is 10.1. The molecule has 1 atom stereocenters. The fraction of sp³-hybridized carbons (Fsp3) is 0.333. The maximum atomic E-state index is 13.0. The summed E-state index contributed by atoms with van der Waals surface area (Å²) in [5.41, 5.74) is 2.68. The molecule has 1 aliphatic rings. The van der Waals surface area contributed by atoms with Crippen LogP contribution in [0.25, 0.3) is 11.4 Å². The molecule has 3 heterocycles. The number of carbonyl (C=O) groups excluding carboxylic acids is 1. The van der Waals surface area contributed by atoms with Crippen LogP contribution < -0.4 is 5.32 Å². The minimum absolute atomic E-state index is 0.140. The Labute approximate surface area is 163 Å². The normalized spacial score (nSPS) is 17.2. The van der Waals surface area contributed by atoms with Crippen molar-refractivity contribution < 1.29 is 9.32 Å². The van der Waals surface area contributed by atoms with E-state index in [1.165, 1.54) is 0 Å². The summed E-state index contributed by atoms with van der Waals surface area (Å²) in [6, 6.07) is 11.1. The van der Waals surface area contributed by atoms with Crippen molar-refractivity contribution in [1.82, 2.24) is 20.0 Å². The Balaban J connectivity index is 1.57. The number of nitrogens with one attached hydrogen (secondary N) is 1. The SMILES string of the molecule is Cc1cccc(NC(=O)N2CCCCCC2c2nc(-c3cccnc3)no2)c1. The zero-order valence-corrected chi connectivity index (χ0v) is 15.8. The minimum Gasteiger partial charge on any atom is -0.337 e. The third-order valence-corrected chi connectivity index (χ3v) is 4.93. The van der Waals surface area contributed by atoms with E-state index < -0.39 is 0 Å². The van der Waals surface area contributed by atoms with Crippen LogP contribution in [0.5, 0.6) is 0 Å². The van der Waals surface area contributed by atoms with Gasteiger partial charge >= 0.3 is 6.03 Å². The molecule has 28 heavy (non-hydrogen) atoms. The number of anilines is 1. The van der Waals surface area contributed by atoms with Gasteiger partial charge in [0.25, 0.3) is 0 Å². The molecule has 1 saturated heterocycles. The number of aromatic nitrogens is 3. The maximum absolute atomic E-state index is 13.0. The lowest BCUT2D eigenvalue weighted by molar-refractivity contribution is 0.171. The van der Waals surface area contributed by atoms with Crippen LogP contribution in [0.3, 0.4) is 0 Å². The van der Waals surface area contributed by atoms with Crippen LogP contribution in [-0.2, 0) is 0 Å². The Morgan fingerprint density at radius 2 is 2.14 bits per heavy atom. The first-order valence-electron chi connectivity index (χ1n) is 9.59. The molecule has 2 aromatic heterocycles. The van der Waals surface area contributed by atoms with Crippen molar-refractivity contribution in [2.45, 2.75) is 38.6 Å². The van der Waals surface area contributed by atoms with Crippen LogP contribution in [-0.4, -0.2) is 32.6 Å². The molecular weight excluding hydrogens is 354 g/mol. The van der Waals surface area contributed by atoms with Crippen LogP contribution in [0.1, 0.15) is 43.2 Å². The standard InChI is InChI=1S/C21H23N5O2/c1-15-7-5-9-17(13-15)23-21(27)26-12-4-2-3-10-18(26)20-24-19(25-28-20)16-8-6-11-22-14-16/h5-9,11,13-14,18H,2-4,10,12H2,1H3,(H,23,27). The number of hydrogen-bond acceptors (Lipinski definition) is 5. The van der Waals surface area contributed by atoms with Crippen LogP contribution in [0.15, 0.2) is 53.3 Å². The van der Waals surface area contributed by atoms with Gasteiger partial charge in [-0.2, -0.15) is 4.98 Å². The average Bonchev–Trinajstić information content (AvgIpc) is 3.06. The van der Waals surface area contributed by atoms with Gasteiger partial charge in [-0.3, -0.25) is 4.98 Å². The molecule has 7 nitrogen and oxygen atoms in total. The number of likely N-dealkylation sites (tertiary alicyclic amines) is 1. The van der Waals surface area contributed by atoms with Gasteiger partial charge in [-0.05, 0) is 49.6 Å². The first-order valence-corrected chi connectivity index (χ1v) is 9.59. The predicted molar refractivity (Wildman–Crippen MR) is 106 cm³/mol. The van der Waals surface area contributed by atoms with Crippen molar-refractivity contribution in [2.24, 2.45) is 0 Å². The van der Waals surface area contributed by atoms with E-state index in [1.807, 2.05) is 48.2 Å². The molecule has 0 radical (unpaired) electrons. The third kappa shape index (κ3) is 4.03. The first kappa shape index (κ1) is 18.2. The summed E-state index contributed by atoms with van der Waals surface area (Å²) in [5, 5.41) is 7.10. The van der Waals surface area contributed by atoms with Gasteiger partial charge in [0.2, 0.25) is 11.7 Å². The second kappa shape index (κ2) is 8.21. The van der Waals surface area contributed by atoms with E-state index in [0.717, 1.165) is 42.5 Å². The highest BCUT2D eigenvalue weighted by Gasteiger charge is 2.31. The highest BCUT2D eigenvalue weighted by molar-refractivity contribution is 5.89. The average molecular weight is 377 g/mol. The highest BCUT2D eigenvalue weighted by atomic mass is 16.5. The summed E-state index contributed by atoms with van der Waals surface area (Å²) in [7, 11) is 0. The van der Waals surface area contributed by atoms with Gasteiger partial charge in [0.1, 0.15) is 6.04 Å². The van der Waals surface area contributed by atoms with E-state index in [0.29, 0.717) is 18.3 Å². The van der Waals surface area contributed by atoms with Gasteiger partial charge < -0.3 is 14.7 Å². The van der Waals surface area contributed by atoms with E-state index in [1.54, 1.807) is 12.4 Å². The Morgan fingerprint density at radius 3 is 2.96 bits per heavy atom. The van der Waals surface area contributed by atoms with Crippen molar-refractivity contribution in [1.29, 1.82) is 0 Å². The van der Waals surface area contributed by atoms with E-state index >= 15 is 0 Å². The van der Waals surface area contributed by atoms with Gasteiger partial charge in [-0.15, -0.1) is 0 Å². The molecule has 0 saturated carbocycles. The van der Waals surface area contributed by atoms with Gasteiger partial charge in [0.15, 0.2) is 0 Å². The van der Waals surface area contributed by atoms with Crippen molar-refractivity contribution in [3.63, 3.8) is 0 Å². The molecule has 7 heteroatoms. The minimum atomic E-state index is -0.231. The maximum Gasteiger partial charge on any atom is 0.322 e. The first-order chi connectivity index (χ1) is 13.7. The molecule has 0 aliphatic carbocycles. The fourth-order valence-corrected chi connectivity index (χ4v) is 3.51. The van der Waals surface area contributed by atoms with Crippen LogP contribution >= 0.6 is 0 Å². The van der Waals surface area contributed by atoms with E-state index in [9.17, 15) is 4.79 Å². The molecule has 1 aliphatic heterocycles. The van der Waals surface area contributed by atoms with Gasteiger partial charge in [0, 0.05) is 30.2 Å². The Hall–Kier alpha value is -3.22. The molecule has 3 aromatic rings. The summed E-state index contributed by atoms with van der Waals surface area (Å²) in [4.78, 5) is 23.5. The number of urea groups is 1. The summed E-state index contributed by atoms with van der Waals surface area (Å²) < 4.78 is 5.55. The number of rotatable bonds is 3. The smallest absolute Gasteiger partial charge is 0.322 e. The van der Waals surface area contributed by atoms with Gasteiger partial charge in [-0.25, -0.2) is 4.79 Å². The van der Waals surface area contributed by atoms with Gasteiger partial charge in [-0.1, -0.05) is 30.1 Å². The van der Waals surface area contributed by atoms with Crippen molar-refractivity contribution in [2.75, 3.05) is 11.9 Å². The number of amides is 2. The molecule has 0 spiro atoms. The highest BCUT2D eigenvalue weighted by Crippen LogP contribution is 2.31. The quantitative estimate of drug-likeness (QED) is 0.722. The lowest BCUT2D eigenvalue weighted by Gasteiger charge is -2.27. The second-order valence-corrected chi connectivity index (χ2v) is 7.06. The fourth-order valence-electron chi connectivity index (χ4n) is 3.51. The number of carbonyl (C=O) groups is 1. The predicted octanol–water partition coefficient (Wildman–Crippen LogP) is 4.59. The zero-order chi connectivity index (χ0) is 19.3. The molecule has 1 N–H and O–H groups in total. The largest absolute Gasteiger partial charge is 0.337 e. The number of pyridine rings is 1. The number of benzene rings is 1. The molecule has 1 unspecified atom stereocenters. The molecule has 1 fully saturated rings. The monoisotopic (exact) mass is 377 g/mol. The molecule has 144 valence electrons. The van der Waals surface area contributed by atoms with E-state index in [-0.39, 0.29) is 12.1 Å². The summed E-state index contributed by atoms with van der Waals surface area (Å²) in [6.07, 6.45) is 7.26. The van der Waals surface area contributed by atoms with E-state index in [4.69, 9.17) is 4.52 Å². The number of hydrogen-bond donors (Lipinski definition) is 1. The molecule has 1 aromatic carbocycles. The van der Waals surface area contributed by atoms with E-state index in [2.05, 4.69) is 20.4 Å². The third-order valence-electron chi connectivity index (χ3n) is 4.93. The van der Waals surface area contributed by atoms with Crippen LogP contribution in [0.2, 0.25) is 0 Å². The zero-order valence-electron chi connectivity index (χ0n) is 15.8. The lowest BCUT2D eigenvalue weighted by Crippen LogP contribution is -2.38. The molecule has 0 bridgehead atoms. The molecule has 2 amide bonds. The Bertz CT molecular complexity index is 941. The van der Waals surface area contributed by atoms with Gasteiger partial charge in [0.05, 0.1) is 0 Å². The summed E-state index contributed by atoms with van der Waals surface area (Å²) in [5.74, 6) is 0.964. The summed E-state index contributed by atoms with van der Waals surface area (Å²) >= 11 is 0. The number of nitrogens with zero attached hydrogens (tertiary/aromatic N) is 4. The Kier molecular flexibility index (Phi) is 5.32. The van der Waals surface area contributed by atoms with Crippen molar-refractivity contribution in [3.05, 3.63) is 60.2 Å². The summed E-state index contributed by atoms with van der Waals surface area (Å²) in [6.45, 7) is 2.66. The van der Waals surface area contributed by atoms with Crippen LogP contribution in [0.4, 0.5) is 10.5 Å². The van der Waals surface area contributed by atoms with Crippen LogP contribution in [0, 0.1) is 6.92 Å². The van der Waals surface area contributed by atoms with Crippen molar-refractivity contribution in [3.8, 4) is 11.4 Å². The Morgan fingerprint density at radius 1 is 1.21 bits per heavy atom. The topological polar surface area (TPSA) is 84.2 Å².